The van der Waals surface area contributed by atoms with Crippen LogP contribution in [0.2, 0.25) is 0 Å². The van der Waals surface area contributed by atoms with Gasteiger partial charge >= 0.3 is 0 Å². The van der Waals surface area contributed by atoms with Crippen LogP contribution in [-0.4, -0.2) is 17.1 Å². The van der Waals surface area contributed by atoms with Gasteiger partial charge in [0.15, 0.2) is 0 Å². The van der Waals surface area contributed by atoms with Gasteiger partial charge in [-0.3, -0.25) is 0 Å². The largest absolute Gasteiger partial charge is 0.380 e. The Morgan fingerprint density at radius 2 is 1.59 bits per heavy atom. The van der Waals surface area contributed by atoms with E-state index in [1.807, 2.05) is 7.11 Å². The third-order valence-electron chi connectivity index (χ3n) is 3.24. The van der Waals surface area contributed by atoms with E-state index >= 15 is 0 Å². The van der Waals surface area contributed by atoms with Crippen LogP contribution in [0.3, 0.4) is 0 Å². The Labute approximate surface area is 122 Å². The maximum Gasteiger partial charge on any atom is 0.0691 e. The zero-order valence-corrected chi connectivity index (χ0v) is 14.3. The monoisotopic (exact) mass is 354 g/mol. The molecule has 0 aliphatic carbocycles. The Bertz CT molecular complexity index is 159. The van der Waals surface area contributed by atoms with Crippen LogP contribution in [-0.2, 0) is 4.74 Å². The van der Waals surface area contributed by atoms with Crippen LogP contribution >= 0.6 is 22.6 Å². The first-order valence-corrected chi connectivity index (χ1v) is 8.53. The summed E-state index contributed by atoms with van der Waals surface area (Å²) in [6, 6.07) is 0. The fourth-order valence-corrected chi connectivity index (χ4v) is 3.19. The third-order valence-corrected chi connectivity index (χ3v) is 4.67. The molecule has 0 aliphatic rings. The second kappa shape index (κ2) is 11.8. The van der Waals surface area contributed by atoms with E-state index in [9.17, 15) is 0 Å². The fourth-order valence-electron chi connectivity index (χ4n) is 2.16. The zero-order chi connectivity index (χ0) is 13.1. The summed E-state index contributed by atoms with van der Waals surface area (Å²) in [4.78, 5) is 0. The van der Waals surface area contributed by atoms with Gasteiger partial charge in [0.2, 0.25) is 0 Å². The van der Waals surface area contributed by atoms with E-state index in [1.165, 1.54) is 51.4 Å². The van der Waals surface area contributed by atoms with Crippen molar-refractivity contribution >= 4 is 22.6 Å². The van der Waals surface area contributed by atoms with Crippen LogP contribution < -0.4 is 0 Å². The minimum absolute atomic E-state index is 0.450. The molecule has 0 rings (SSSR count). The average Bonchev–Trinajstić information content (AvgIpc) is 2.30. The number of methoxy groups -OCH3 is 1. The summed E-state index contributed by atoms with van der Waals surface area (Å²) in [5.74, 6) is 0.738. The molecule has 0 saturated heterocycles. The molecule has 1 nitrogen and oxygen atoms in total. The molecule has 0 saturated carbocycles. The Hall–Kier alpha value is 0.690. The predicted molar refractivity (Wildman–Crippen MR) is 86.1 cm³/mol. The van der Waals surface area contributed by atoms with Crippen LogP contribution in [0.5, 0.6) is 0 Å². The molecule has 0 radical (unpaired) electrons. The Morgan fingerprint density at radius 1 is 1.00 bits per heavy atom. The number of rotatable bonds is 11. The zero-order valence-electron chi connectivity index (χ0n) is 12.2. The molecule has 0 aliphatic heterocycles. The fraction of sp³-hybridized carbons (Fsp3) is 1.00. The first-order valence-electron chi connectivity index (χ1n) is 7.28. The molecule has 0 aromatic heterocycles. The number of unbranched alkanes of at least 4 members (excludes halogenated alkanes) is 5. The first kappa shape index (κ1) is 17.7. The van der Waals surface area contributed by atoms with Crippen molar-refractivity contribution in [1.82, 2.24) is 0 Å². The van der Waals surface area contributed by atoms with Gasteiger partial charge in [-0.15, -0.1) is 0 Å². The molecule has 104 valence electrons. The molecule has 2 heteroatoms. The molecule has 0 bridgehead atoms. The van der Waals surface area contributed by atoms with E-state index in [4.69, 9.17) is 4.74 Å². The summed E-state index contributed by atoms with van der Waals surface area (Å²) in [7, 11) is 1.86. The highest BCUT2D eigenvalue weighted by atomic mass is 127. The molecule has 0 heterocycles. The standard InChI is InChI=1S/C15H31IO/c1-5-6-7-8-9-10-11-14(16)15(17-4)12-13(2)3/h13-15H,5-12H2,1-4H3/t14-,15+/m1/s1. The van der Waals surface area contributed by atoms with Crippen molar-refractivity contribution in [3.05, 3.63) is 0 Å². The van der Waals surface area contributed by atoms with E-state index in [-0.39, 0.29) is 0 Å². The first-order chi connectivity index (χ1) is 8.11. The van der Waals surface area contributed by atoms with E-state index in [1.54, 1.807) is 0 Å². The van der Waals surface area contributed by atoms with Gasteiger partial charge in [0.1, 0.15) is 0 Å². The minimum Gasteiger partial charge on any atom is -0.380 e. The van der Waals surface area contributed by atoms with Crippen molar-refractivity contribution in [2.24, 2.45) is 5.92 Å². The van der Waals surface area contributed by atoms with Crippen LogP contribution in [0.25, 0.3) is 0 Å². The molecule has 0 N–H and O–H groups in total. The summed E-state index contributed by atoms with van der Waals surface area (Å²) in [5, 5.41) is 0. The summed E-state index contributed by atoms with van der Waals surface area (Å²) >= 11 is 2.58. The molecule has 0 spiro atoms. The van der Waals surface area contributed by atoms with Crippen LogP contribution in [0.15, 0.2) is 0 Å². The lowest BCUT2D eigenvalue weighted by Crippen LogP contribution is -2.24. The van der Waals surface area contributed by atoms with Crippen molar-refractivity contribution in [3.8, 4) is 0 Å². The van der Waals surface area contributed by atoms with Crippen LogP contribution in [0.1, 0.15) is 72.1 Å². The van der Waals surface area contributed by atoms with Crippen LogP contribution in [0.4, 0.5) is 0 Å². The molecule has 0 unspecified atom stereocenters. The van der Waals surface area contributed by atoms with Crippen molar-refractivity contribution in [3.63, 3.8) is 0 Å². The van der Waals surface area contributed by atoms with E-state index in [2.05, 4.69) is 43.4 Å². The molecule has 0 fully saturated rings. The van der Waals surface area contributed by atoms with Gasteiger partial charge < -0.3 is 4.74 Å². The van der Waals surface area contributed by atoms with Crippen molar-refractivity contribution in [2.75, 3.05) is 7.11 Å². The molecular formula is C15H31IO. The van der Waals surface area contributed by atoms with E-state index < -0.39 is 0 Å². The number of ether oxygens (including phenoxy) is 1. The van der Waals surface area contributed by atoms with E-state index in [0.29, 0.717) is 10.0 Å². The summed E-state index contributed by atoms with van der Waals surface area (Å²) in [6.07, 6.45) is 11.3. The normalized spacial score (nSPS) is 15.2. The topological polar surface area (TPSA) is 9.23 Å². The molecule has 2 atom stereocenters. The SMILES string of the molecule is CCCCCCCC[C@@H](I)[C@H](CC(C)C)OC. The molecule has 0 aromatic rings. The highest BCUT2D eigenvalue weighted by Gasteiger charge is 2.18. The van der Waals surface area contributed by atoms with Gasteiger partial charge in [-0.25, -0.2) is 0 Å². The molecule has 0 amide bonds. The summed E-state index contributed by atoms with van der Waals surface area (Å²) in [6.45, 7) is 6.83. The maximum absolute atomic E-state index is 5.61. The summed E-state index contributed by atoms with van der Waals surface area (Å²) in [5.41, 5.74) is 0. The van der Waals surface area contributed by atoms with Gasteiger partial charge in [0, 0.05) is 11.0 Å². The minimum atomic E-state index is 0.450. The van der Waals surface area contributed by atoms with E-state index in [0.717, 1.165) is 5.92 Å². The molecular weight excluding hydrogens is 323 g/mol. The molecule has 17 heavy (non-hydrogen) atoms. The van der Waals surface area contributed by atoms with Gasteiger partial charge in [-0.2, -0.15) is 0 Å². The lowest BCUT2D eigenvalue weighted by molar-refractivity contribution is 0.0836. The second-order valence-electron chi connectivity index (χ2n) is 5.48. The summed E-state index contributed by atoms with van der Waals surface area (Å²) < 4.78 is 6.30. The predicted octanol–water partition coefficient (Wildman–Crippen LogP) is 5.60. The quantitative estimate of drug-likeness (QED) is 0.267. The lowest BCUT2D eigenvalue weighted by Gasteiger charge is -2.23. The number of halogens is 1. The number of hydrogen-bond donors (Lipinski definition) is 0. The van der Waals surface area contributed by atoms with Gasteiger partial charge in [0.25, 0.3) is 0 Å². The Balaban J connectivity index is 3.57. The van der Waals surface area contributed by atoms with Gasteiger partial charge in [0.05, 0.1) is 6.10 Å². The highest BCUT2D eigenvalue weighted by Crippen LogP contribution is 2.23. The average molecular weight is 354 g/mol. The highest BCUT2D eigenvalue weighted by molar-refractivity contribution is 14.1. The second-order valence-corrected chi connectivity index (χ2v) is 7.08. The van der Waals surface area contributed by atoms with Crippen molar-refractivity contribution in [1.29, 1.82) is 0 Å². The number of hydrogen-bond acceptors (Lipinski definition) is 1. The smallest absolute Gasteiger partial charge is 0.0691 e. The Morgan fingerprint density at radius 3 is 2.12 bits per heavy atom. The van der Waals surface area contributed by atoms with Crippen LogP contribution in [0, 0.1) is 5.92 Å². The van der Waals surface area contributed by atoms with Gasteiger partial charge in [-0.1, -0.05) is 81.9 Å². The van der Waals surface area contributed by atoms with Gasteiger partial charge in [-0.05, 0) is 18.8 Å². The number of alkyl halides is 1. The molecule has 0 aromatic carbocycles. The van der Waals surface area contributed by atoms with Crippen molar-refractivity contribution < 1.29 is 4.74 Å². The van der Waals surface area contributed by atoms with Crippen molar-refractivity contribution in [2.45, 2.75) is 82.2 Å². The Kier molecular flexibility index (Phi) is 12.2. The maximum atomic E-state index is 5.61. The third kappa shape index (κ3) is 10.3. The lowest BCUT2D eigenvalue weighted by atomic mass is 10.00.